The van der Waals surface area contributed by atoms with Crippen molar-refractivity contribution in [3.05, 3.63) is 98.5 Å². The predicted octanol–water partition coefficient (Wildman–Crippen LogP) is 6.60. The number of carbonyl (C=O) groups excluding carboxylic acids is 2. The summed E-state index contributed by atoms with van der Waals surface area (Å²) < 4.78 is 66.8. The predicted molar refractivity (Wildman–Crippen MR) is 163 cm³/mol. The molecule has 1 N–H and O–H groups in total. The number of nitrogens with zero attached hydrogens (tertiary/aromatic N) is 2. The Hall–Kier alpha value is -2.99. The van der Waals surface area contributed by atoms with Crippen LogP contribution < -0.4 is 9.62 Å². The number of carbonyl (C=O) groups is 2. The van der Waals surface area contributed by atoms with Crippen LogP contribution in [0, 0.1) is 0 Å². The average Bonchev–Trinajstić information content (AvgIpc) is 2.90. The van der Waals surface area contributed by atoms with Gasteiger partial charge in [-0.25, -0.2) is 8.42 Å². The quantitative estimate of drug-likeness (QED) is 0.248. The van der Waals surface area contributed by atoms with Crippen molar-refractivity contribution in [1.82, 2.24) is 10.2 Å². The monoisotopic (exact) mass is 677 g/mol. The lowest BCUT2D eigenvalue weighted by atomic mass is 10.0. The Balaban J connectivity index is 2.16. The fourth-order valence-corrected chi connectivity index (χ4v) is 5.90. The van der Waals surface area contributed by atoms with Crippen molar-refractivity contribution in [3.8, 4) is 0 Å². The molecule has 43 heavy (non-hydrogen) atoms. The Bertz CT molecular complexity index is 1550. The summed E-state index contributed by atoms with van der Waals surface area (Å²) in [4.78, 5) is 28.8. The number of anilines is 1. The molecule has 2 amide bonds. The molecule has 0 saturated carbocycles. The van der Waals surface area contributed by atoms with Gasteiger partial charge in [0.05, 0.1) is 22.5 Å². The van der Waals surface area contributed by atoms with Crippen LogP contribution in [0.25, 0.3) is 0 Å². The van der Waals surface area contributed by atoms with Crippen molar-refractivity contribution in [2.45, 2.75) is 45.1 Å². The average molecular weight is 679 g/mol. The minimum atomic E-state index is -4.81. The lowest BCUT2D eigenvalue weighted by Gasteiger charge is -2.34. The largest absolute Gasteiger partial charge is 0.416 e. The van der Waals surface area contributed by atoms with Crippen molar-refractivity contribution in [3.63, 3.8) is 0 Å². The zero-order chi connectivity index (χ0) is 32.1. The highest BCUT2D eigenvalue weighted by Gasteiger charge is 2.36. The first kappa shape index (κ1) is 34.5. The van der Waals surface area contributed by atoms with Gasteiger partial charge in [-0.1, -0.05) is 71.2 Å². The highest BCUT2D eigenvalue weighted by molar-refractivity contribution is 7.92. The summed E-state index contributed by atoms with van der Waals surface area (Å²) in [6, 6.07) is 14.1. The number of amides is 2. The van der Waals surface area contributed by atoms with Crippen molar-refractivity contribution in [1.29, 1.82) is 0 Å². The number of nitrogens with one attached hydrogen (secondary N) is 1. The number of hydrogen-bond donors (Lipinski definition) is 1. The minimum absolute atomic E-state index is 0.0242. The van der Waals surface area contributed by atoms with Crippen molar-refractivity contribution in [2.24, 2.45) is 0 Å². The first-order chi connectivity index (χ1) is 20.0. The third-order valence-corrected chi connectivity index (χ3v) is 8.47. The van der Waals surface area contributed by atoms with E-state index in [1.165, 1.54) is 12.1 Å². The van der Waals surface area contributed by atoms with E-state index >= 15 is 0 Å². The van der Waals surface area contributed by atoms with Crippen LogP contribution in [0.4, 0.5) is 18.9 Å². The molecule has 0 aliphatic heterocycles. The zero-order valence-corrected chi connectivity index (χ0v) is 26.4. The summed E-state index contributed by atoms with van der Waals surface area (Å²) in [6.07, 6.45) is -4.05. The highest BCUT2D eigenvalue weighted by atomic mass is 35.5. The van der Waals surface area contributed by atoms with Gasteiger partial charge in [0.1, 0.15) is 12.6 Å². The lowest BCUT2D eigenvalue weighted by Crippen LogP contribution is -2.54. The van der Waals surface area contributed by atoms with E-state index in [1.54, 1.807) is 50.2 Å². The van der Waals surface area contributed by atoms with Crippen LogP contribution in [0.1, 0.15) is 30.5 Å². The summed E-state index contributed by atoms with van der Waals surface area (Å²) >= 11 is 19.0. The Morgan fingerprint density at radius 1 is 0.907 bits per heavy atom. The van der Waals surface area contributed by atoms with Gasteiger partial charge in [-0.15, -0.1) is 0 Å². The van der Waals surface area contributed by atoms with E-state index in [0.29, 0.717) is 22.0 Å². The van der Waals surface area contributed by atoms with Crippen molar-refractivity contribution >= 4 is 62.3 Å². The Labute approximate surface area is 263 Å². The number of alkyl halides is 3. The van der Waals surface area contributed by atoms with Crippen LogP contribution in [-0.4, -0.2) is 50.0 Å². The third kappa shape index (κ3) is 9.25. The molecule has 1 atom stereocenters. The lowest BCUT2D eigenvalue weighted by molar-refractivity contribution is -0.140. The van der Waals surface area contributed by atoms with E-state index in [4.69, 9.17) is 34.8 Å². The molecule has 0 radical (unpaired) electrons. The van der Waals surface area contributed by atoms with Gasteiger partial charge in [-0.05, 0) is 49.7 Å². The van der Waals surface area contributed by atoms with Crippen LogP contribution in [0.3, 0.4) is 0 Å². The second-order valence-electron chi connectivity index (χ2n) is 10.0. The van der Waals surface area contributed by atoms with Crippen molar-refractivity contribution < 1.29 is 31.2 Å². The first-order valence-corrected chi connectivity index (χ1v) is 15.9. The van der Waals surface area contributed by atoms with Gasteiger partial charge in [0.25, 0.3) is 0 Å². The normalized spacial score (nSPS) is 12.6. The summed E-state index contributed by atoms with van der Waals surface area (Å²) in [5.74, 6) is -1.45. The van der Waals surface area contributed by atoms with Gasteiger partial charge < -0.3 is 10.2 Å². The van der Waals surface area contributed by atoms with E-state index in [2.05, 4.69) is 5.32 Å². The molecule has 0 aliphatic rings. The number of hydrogen-bond acceptors (Lipinski definition) is 4. The molecule has 14 heteroatoms. The molecule has 0 aromatic heterocycles. The van der Waals surface area contributed by atoms with E-state index in [0.717, 1.165) is 17.2 Å². The van der Waals surface area contributed by atoms with Crippen LogP contribution in [0.5, 0.6) is 0 Å². The summed E-state index contributed by atoms with van der Waals surface area (Å²) in [5, 5.41) is 2.83. The van der Waals surface area contributed by atoms with Gasteiger partial charge in [0.2, 0.25) is 21.8 Å². The number of halogens is 6. The zero-order valence-electron chi connectivity index (χ0n) is 23.3. The second kappa shape index (κ2) is 14.2. The van der Waals surface area contributed by atoms with Gasteiger partial charge >= 0.3 is 6.18 Å². The molecule has 3 rings (SSSR count). The van der Waals surface area contributed by atoms with Gasteiger partial charge in [0.15, 0.2) is 0 Å². The van der Waals surface area contributed by atoms with Crippen LogP contribution >= 0.6 is 34.8 Å². The fraction of sp³-hybridized carbons (Fsp3) is 0.310. The molecule has 0 heterocycles. The molecule has 7 nitrogen and oxygen atoms in total. The molecule has 0 saturated heterocycles. The number of benzene rings is 3. The number of sulfonamides is 1. The first-order valence-electron chi connectivity index (χ1n) is 12.9. The Kier molecular flexibility index (Phi) is 11.4. The molecule has 232 valence electrons. The van der Waals surface area contributed by atoms with Crippen molar-refractivity contribution in [2.75, 3.05) is 17.1 Å². The SMILES string of the molecule is CC(C)NC(=O)[C@H](Cc1ccccc1)N(Cc1c(Cl)cccc1Cl)C(=O)CN(c1cc(C(F)(F)F)ccc1Cl)S(C)(=O)=O. The van der Waals surface area contributed by atoms with E-state index in [1.807, 2.05) is 0 Å². The number of rotatable bonds is 11. The highest BCUT2D eigenvalue weighted by Crippen LogP contribution is 2.36. The standard InChI is InChI=1S/C29H29Cl3F3N3O4S/c1-18(2)36-28(40)26(14-19-8-5-4-6-9-19)37(16-21-22(30)10-7-11-23(21)31)27(39)17-38(43(3,41)42)25-15-20(29(33,34)35)12-13-24(25)32/h4-13,15,18,26H,14,16-17H2,1-3H3,(H,36,40)/t26-/m0/s1. The third-order valence-electron chi connectivity index (χ3n) is 6.31. The van der Waals surface area contributed by atoms with Crippen LogP contribution in [0.15, 0.2) is 66.7 Å². The van der Waals surface area contributed by atoms with Gasteiger partial charge in [-0.3, -0.25) is 13.9 Å². The van der Waals surface area contributed by atoms with Crippen LogP contribution in [-0.2, 0) is 38.8 Å². The Morgan fingerprint density at radius 3 is 2.05 bits per heavy atom. The molecule has 3 aromatic rings. The molecule has 0 bridgehead atoms. The molecule has 0 aliphatic carbocycles. The van der Waals surface area contributed by atoms with E-state index in [-0.39, 0.29) is 39.6 Å². The second-order valence-corrected chi connectivity index (χ2v) is 13.2. The molecular weight excluding hydrogens is 650 g/mol. The molecule has 0 fully saturated rings. The molecule has 3 aromatic carbocycles. The topological polar surface area (TPSA) is 86.8 Å². The molecule has 0 unspecified atom stereocenters. The maximum Gasteiger partial charge on any atom is 0.416 e. The maximum absolute atomic E-state index is 14.1. The summed E-state index contributed by atoms with van der Waals surface area (Å²) in [6.45, 7) is 2.18. The molecular formula is C29H29Cl3F3N3O4S. The maximum atomic E-state index is 14.1. The van der Waals surface area contributed by atoms with Gasteiger partial charge in [0, 0.05) is 34.6 Å². The summed E-state index contributed by atoms with van der Waals surface area (Å²) in [5.41, 5.74) is -0.728. The van der Waals surface area contributed by atoms with Gasteiger partial charge in [-0.2, -0.15) is 13.2 Å². The molecule has 0 spiro atoms. The van der Waals surface area contributed by atoms with E-state index < -0.39 is 51.9 Å². The summed E-state index contributed by atoms with van der Waals surface area (Å²) in [7, 11) is -4.36. The Morgan fingerprint density at radius 2 is 1.51 bits per heavy atom. The fourth-order valence-electron chi connectivity index (χ4n) is 4.26. The van der Waals surface area contributed by atoms with Crippen LogP contribution in [0.2, 0.25) is 15.1 Å². The smallest absolute Gasteiger partial charge is 0.352 e. The minimum Gasteiger partial charge on any atom is -0.352 e. The van der Waals surface area contributed by atoms with E-state index in [9.17, 15) is 31.2 Å².